The second kappa shape index (κ2) is 6.18. The average Bonchev–Trinajstić information content (AvgIpc) is 3.16. The van der Waals surface area contributed by atoms with Crippen molar-refractivity contribution in [2.45, 2.75) is 56.5 Å². The third kappa shape index (κ3) is 2.84. The van der Waals surface area contributed by atoms with Crippen LogP contribution in [0.1, 0.15) is 50.5 Å². The molecule has 114 valence electrons. The maximum absolute atomic E-state index is 12.8. The standard InChI is InChI=1S/C18H25NO2/c20-16-10-6-7-14(16)13-19-17(21)18(11-4-5-12-18)15-8-2-1-3-9-15/h1-3,8-9,14,16,20H,4-7,10-13H2,(H,19,21). The highest BCUT2D eigenvalue weighted by atomic mass is 16.3. The fourth-order valence-corrected chi connectivity index (χ4v) is 4.03. The third-order valence-electron chi connectivity index (χ3n) is 5.36. The van der Waals surface area contributed by atoms with E-state index >= 15 is 0 Å². The van der Waals surface area contributed by atoms with E-state index in [-0.39, 0.29) is 23.3 Å². The van der Waals surface area contributed by atoms with Crippen molar-refractivity contribution in [1.29, 1.82) is 0 Å². The van der Waals surface area contributed by atoms with Crippen LogP contribution in [0.5, 0.6) is 0 Å². The Bertz CT molecular complexity index is 479. The topological polar surface area (TPSA) is 49.3 Å². The van der Waals surface area contributed by atoms with Gasteiger partial charge in [0, 0.05) is 12.5 Å². The predicted molar refractivity (Wildman–Crippen MR) is 82.9 cm³/mol. The molecule has 1 aromatic carbocycles. The number of aliphatic hydroxyl groups excluding tert-OH is 1. The lowest BCUT2D eigenvalue weighted by Crippen LogP contribution is -2.45. The minimum absolute atomic E-state index is 0.158. The molecule has 2 atom stereocenters. The molecule has 0 aromatic heterocycles. The first-order valence-electron chi connectivity index (χ1n) is 8.24. The number of hydrogen-bond donors (Lipinski definition) is 2. The van der Waals surface area contributed by atoms with Gasteiger partial charge < -0.3 is 10.4 Å². The monoisotopic (exact) mass is 287 g/mol. The van der Waals surface area contributed by atoms with Crippen molar-refractivity contribution in [3.05, 3.63) is 35.9 Å². The van der Waals surface area contributed by atoms with Crippen LogP contribution in [0.4, 0.5) is 0 Å². The molecule has 21 heavy (non-hydrogen) atoms. The van der Waals surface area contributed by atoms with Crippen molar-refractivity contribution in [2.75, 3.05) is 6.54 Å². The van der Waals surface area contributed by atoms with E-state index in [4.69, 9.17) is 0 Å². The van der Waals surface area contributed by atoms with Crippen molar-refractivity contribution >= 4 is 5.91 Å². The van der Waals surface area contributed by atoms with E-state index in [1.54, 1.807) is 0 Å². The Balaban J connectivity index is 1.71. The maximum atomic E-state index is 12.8. The van der Waals surface area contributed by atoms with Crippen molar-refractivity contribution in [1.82, 2.24) is 5.32 Å². The maximum Gasteiger partial charge on any atom is 0.230 e. The number of benzene rings is 1. The molecule has 2 unspecified atom stereocenters. The second-order valence-corrected chi connectivity index (χ2v) is 6.62. The van der Waals surface area contributed by atoms with Gasteiger partial charge in [-0.3, -0.25) is 4.79 Å². The molecule has 3 heteroatoms. The Hall–Kier alpha value is -1.35. The number of nitrogens with one attached hydrogen (secondary N) is 1. The second-order valence-electron chi connectivity index (χ2n) is 6.62. The van der Waals surface area contributed by atoms with Gasteiger partial charge in [-0.05, 0) is 31.2 Å². The molecule has 2 fully saturated rings. The average molecular weight is 287 g/mol. The lowest BCUT2D eigenvalue weighted by atomic mass is 9.78. The van der Waals surface area contributed by atoms with Crippen LogP contribution in [0.15, 0.2) is 30.3 Å². The van der Waals surface area contributed by atoms with Gasteiger partial charge in [0.25, 0.3) is 0 Å². The van der Waals surface area contributed by atoms with E-state index in [0.29, 0.717) is 6.54 Å². The Morgan fingerprint density at radius 2 is 1.86 bits per heavy atom. The molecule has 1 amide bonds. The van der Waals surface area contributed by atoms with Crippen LogP contribution >= 0.6 is 0 Å². The van der Waals surface area contributed by atoms with Gasteiger partial charge in [0.1, 0.15) is 0 Å². The summed E-state index contributed by atoms with van der Waals surface area (Å²) in [5, 5.41) is 13.0. The Morgan fingerprint density at radius 3 is 2.48 bits per heavy atom. The highest BCUT2D eigenvalue weighted by Gasteiger charge is 2.42. The molecule has 2 saturated carbocycles. The zero-order valence-corrected chi connectivity index (χ0v) is 12.6. The van der Waals surface area contributed by atoms with Gasteiger partial charge >= 0.3 is 0 Å². The Kier molecular flexibility index (Phi) is 4.29. The lowest BCUT2D eigenvalue weighted by Gasteiger charge is -2.29. The number of rotatable bonds is 4. The SMILES string of the molecule is O=C(NCC1CCCC1O)C1(c2ccccc2)CCCC1. The molecular formula is C18H25NO2. The summed E-state index contributed by atoms with van der Waals surface area (Å²) in [5.41, 5.74) is 0.803. The molecular weight excluding hydrogens is 262 g/mol. The molecule has 2 N–H and O–H groups in total. The van der Waals surface area contributed by atoms with Gasteiger partial charge in [0.15, 0.2) is 0 Å². The van der Waals surface area contributed by atoms with E-state index in [1.807, 2.05) is 18.2 Å². The molecule has 1 aromatic rings. The van der Waals surface area contributed by atoms with Gasteiger partial charge in [-0.15, -0.1) is 0 Å². The van der Waals surface area contributed by atoms with Crippen molar-refractivity contribution in [3.63, 3.8) is 0 Å². The van der Waals surface area contributed by atoms with E-state index in [9.17, 15) is 9.90 Å². The fraction of sp³-hybridized carbons (Fsp3) is 0.611. The zero-order valence-electron chi connectivity index (χ0n) is 12.6. The number of carbonyl (C=O) groups excluding carboxylic acids is 1. The van der Waals surface area contributed by atoms with Crippen LogP contribution in [0.3, 0.4) is 0 Å². The molecule has 2 aliphatic rings. The van der Waals surface area contributed by atoms with E-state index in [2.05, 4.69) is 17.4 Å². The first-order valence-corrected chi connectivity index (χ1v) is 8.24. The van der Waals surface area contributed by atoms with Crippen LogP contribution in [0.25, 0.3) is 0 Å². The molecule has 0 heterocycles. The fourth-order valence-electron chi connectivity index (χ4n) is 4.03. The van der Waals surface area contributed by atoms with Gasteiger partial charge in [-0.1, -0.05) is 49.6 Å². The molecule has 3 nitrogen and oxygen atoms in total. The minimum Gasteiger partial charge on any atom is -0.393 e. The smallest absolute Gasteiger partial charge is 0.230 e. The summed E-state index contributed by atoms with van der Waals surface area (Å²) >= 11 is 0. The molecule has 0 spiro atoms. The molecule has 3 rings (SSSR count). The van der Waals surface area contributed by atoms with E-state index in [1.165, 1.54) is 0 Å². The number of carbonyl (C=O) groups is 1. The largest absolute Gasteiger partial charge is 0.393 e. The van der Waals surface area contributed by atoms with Crippen molar-refractivity contribution in [2.24, 2.45) is 5.92 Å². The van der Waals surface area contributed by atoms with Gasteiger partial charge in [-0.25, -0.2) is 0 Å². The Morgan fingerprint density at radius 1 is 1.14 bits per heavy atom. The van der Waals surface area contributed by atoms with Crippen molar-refractivity contribution < 1.29 is 9.90 Å². The summed E-state index contributed by atoms with van der Waals surface area (Å²) in [6.07, 6.45) is 6.87. The molecule has 2 aliphatic carbocycles. The third-order valence-corrected chi connectivity index (χ3v) is 5.36. The first-order chi connectivity index (χ1) is 10.2. The van der Waals surface area contributed by atoms with Gasteiger partial charge in [-0.2, -0.15) is 0 Å². The quantitative estimate of drug-likeness (QED) is 0.894. The van der Waals surface area contributed by atoms with Crippen LogP contribution in [0, 0.1) is 5.92 Å². The van der Waals surface area contributed by atoms with Crippen LogP contribution in [-0.2, 0) is 10.2 Å². The molecule has 0 bridgehead atoms. The van der Waals surface area contributed by atoms with E-state index < -0.39 is 0 Å². The highest BCUT2D eigenvalue weighted by molar-refractivity contribution is 5.88. The summed E-state index contributed by atoms with van der Waals surface area (Å²) in [4.78, 5) is 12.8. The van der Waals surface area contributed by atoms with Crippen LogP contribution < -0.4 is 5.32 Å². The molecule has 0 radical (unpaired) electrons. The lowest BCUT2D eigenvalue weighted by molar-refractivity contribution is -0.127. The summed E-state index contributed by atoms with van der Waals surface area (Å²) in [7, 11) is 0. The summed E-state index contributed by atoms with van der Waals surface area (Å²) in [5.74, 6) is 0.397. The van der Waals surface area contributed by atoms with E-state index in [0.717, 1.165) is 50.5 Å². The van der Waals surface area contributed by atoms with Crippen LogP contribution in [-0.4, -0.2) is 23.7 Å². The minimum atomic E-state index is -0.342. The number of hydrogen-bond acceptors (Lipinski definition) is 2. The van der Waals surface area contributed by atoms with Crippen LogP contribution in [0.2, 0.25) is 0 Å². The van der Waals surface area contributed by atoms with Gasteiger partial charge in [0.05, 0.1) is 11.5 Å². The normalized spacial score (nSPS) is 27.7. The van der Waals surface area contributed by atoms with Gasteiger partial charge in [0.2, 0.25) is 5.91 Å². The summed E-state index contributed by atoms with van der Waals surface area (Å²) < 4.78 is 0. The molecule has 0 aliphatic heterocycles. The summed E-state index contributed by atoms with van der Waals surface area (Å²) in [6, 6.07) is 10.2. The number of amides is 1. The zero-order chi connectivity index (χ0) is 14.7. The predicted octanol–water partition coefficient (Wildman–Crippen LogP) is 2.78. The summed E-state index contributed by atoms with van der Waals surface area (Å²) in [6.45, 7) is 0.620. The molecule has 0 saturated heterocycles. The first kappa shape index (κ1) is 14.6. The highest BCUT2D eigenvalue weighted by Crippen LogP contribution is 2.41. The number of aliphatic hydroxyl groups is 1. The van der Waals surface area contributed by atoms with Crippen molar-refractivity contribution in [3.8, 4) is 0 Å². The Labute approximate surface area is 126 Å².